The topological polar surface area (TPSA) is 77.1 Å². The highest BCUT2D eigenvalue weighted by molar-refractivity contribution is 5.93. The molecule has 0 bridgehead atoms. The van der Waals surface area contributed by atoms with Crippen LogP contribution < -0.4 is 10.7 Å². The molecule has 0 fully saturated rings. The quantitative estimate of drug-likeness (QED) is 0.792. The minimum absolute atomic E-state index is 0.0335. The van der Waals surface area contributed by atoms with Gasteiger partial charge in [0.25, 0.3) is 5.91 Å². The number of fused-ring (bicyclic) bond motifs is 2. The maximum atomic E-state index is 12.3. The number of nitrogens with one attached hydrogen (secondary N) is 1. The highest BCUT2D eigenvalue weighted by Crippen LogP contribution is 2.20. The van der Waals surface area contributed by atoms with Crippen molar-refractivity contribution in [3.8, 4) is 0 Å². The minimum atomic E-state index is -0.385. The third-order valence-corrected chi connectivity index (χ3v) is 4.61. The van der Waals surface area contributed by atoms with Gasteiger partial charge < -0.3 is 9.73 Å². The van der Waals surface area contributed by atoms with Gasteiger partial charge >= 0.3 is 0 Å². The molecule has 0 unspecified atom stereocenters. The van der Waals surface area contributed by atoms with Gasteiger partial charge in [0.05, 0.1) is 18.1 Å². The van der Waals surface area contributed by atoms with Gasteiger partial charge in [0.15, 0.2) is 11.2 Å². The zero-order valence-corrected chi connectivity index (χ0v) is 13.8. The van der Waals surface area contributed by atoms with Crippen LogP contribution in [0.1, 0.15) is 34.7 Å². The van der Waals surface area contributed by atoms with Gasteiger partial charge in [0, 0.05) is 18.3 Å². The highest BCUT2D eigenvalue weighted by atomic mass is 16.3. The molecular weight excluding hydrogens is 318 g/mol. The number of amides is 1. The molecule has 25 heavy (non-hydrogen) atoms. The van der Waals surface area contributed by atoms with Crippen LogP contribution in [-0.2, 0) is 19.4 Å². The Morgan fingerprint density at radius 1 is 1.24 bits per heavy atom. The normalized spacial score (nSPS) is 13.6. The molecule has 0 radical (unpaired) electrons. The van der Waals surface area contributed by atoms with Crippen LogP contribution in [-0.4, -0.2) is 22.2 Å². The van der Waals surface area contributed by atoms with Gasteiger partial charge in [-0.1, -0.05) is 12.1 Å². The summed E-state index contributed by atoms with van der Waals surface area (Å²) in [5.74, 6) is -0.352. The summed E-state index contributed by atoms with van der Waals surface area (Å²) in [7, 11) is 0. The summed E-state index contributed by atoms with van der Waals surface area (Å²) < 4.78 is 7.51. The van der Waals surface area contributed by atoms with Crippen LogP contribution in [0.2, 0.25) is 0 Å². The van der Waals surface area contributed by atoms with Crippen molar-refractivity contribution >= 4 is 16.9 Å². The van der Waals surface area contributed by atoms with Crippen LogP contribution in [0.3, 0.4) is 0 Å². The van der Waals surface area contributed by atoms with Gasteiger partial charge in [-0.25, -0.2) is 0 Å². The molecule has 3 aromatic rings. The summed E-state index contributed by atoms with van der Waals surface area (Å²) in [5.41, 5.74) is 2.80. The Hall–Kier alpha value is -2.89. The van der Waals surface area contributed by atoms with Crippen LogP contribution in [0.25, 0.3) is 11.0 Å². The number of hydrogen-bond acceptors (Lipinski definition) is 4. The molecule has 0 saturated carbocycles. The highest BCUT2D eigenvalue weighted by Gasteiger charge is 2.15. The van der Waals surface area contributed by atoms with Crippen LogP contribution >= 0.6 is 0 Å². The molecule has 0 atom stereocenters. The number of rotatable bonds is 4. The molecule has 0 saturated heterocycles. The van der Waals surface area contributed by atoms with E-state index in [1.54, 1.807) is 24.3 Å². The third kappa shape index (κ3) is 3.07. The molecule has 2 heterocycles. The molecule has 6 heteroatoms. The molecule has 0 aliphatic heterocycles. The Morgan fingerprint density at radius 2 is 2.08 bits per heavy atom. The lowest BCUT2D eigenvalue weighted by Gasteiger charge is -2.14. The number of carbonyl (C=O) groups is 1. The Balaban J connectivity index is 1.44. The second-order valence-corrected chi connectivity index (χ2v) is 6.27. The van der Waals surface area contributed by atoms with Crippen molar-refractivity contribution in [2.45, 2.75) is 32.2 Å². The van der Waals surface area contributed by atoms with Gasteiger partial charge in [0.1, 0.15) is 5.58 Å². The largest absolute Gasteiger partial charge is 0.451 e. The van der Waals surface area contributed by atoms with E-state index in [0.717, 1.165) is 12.8 Å². The Labute approximate surface area is 144 Å². The predicted molar refractivity (Wildman–Crippen MR) is 93.7 cm³/mol. The molecule has 4 rings (SSSR count). The summed E-state index contributed by atoms with van der Waals surface area (Å²) in [6.07, 6.45) is 6.47. The SMILES string of the molecule is O=C(NCCn1ncc2c1CCCC2)c1cc(=O)c2ccccc2o1. The van der Waals surface area contributed by atoms with Crippen LogP contribution in [0.5, 0.6) is 0 Å². The Morgan fingerprint density at radius 3 is 3.00 bits per heavy atom. The van der Waals surface area contributed by atoms with Crippen molar-refractivity contribution in [3.63, 3.8) is 0 Å². The fourth-order valence-corrected chi connectivity index (χ4v) is 3.33. The first-order chi connectivity index (χ1) is 12.2. The lowest BCUT2D eigenvalue weighted by molar-refractivity contribution is 0.0924. The Kier molecular flexibility index (Phi) is 4.09. The van der Waals surface area contributed by atoms with Crippen molar-refractivity contribution in [2.24, 2.45) is 0 Å². The first kappa shape index (κ1) is 15.6. The van der Waals surface area contributed by atoms with Crippen molar-refractivity contribution in [2.75, 3.05) is 6.54 Å². The van der Waals surface area contributed by atoms with Crippen molar-refractivity contribution in [1.29, 1.82) is 0 Å². The third-order valence-electron chi connectivity index (χ3n) is 4.61. The van der Waals surface area contributed by atoms with Gasteiger partial charge in [-0.3, -0.25) is 14.3 Å². The fourth-order valence-electron chi connectivity index (χ4n) is 3.33. The molecule has 1 amide bonds. The van der Waals surface area contributed by atoms with E-state index in [-0.39, 0.29) is 17.1 Å². The molecular formula is C19H19N3O3. The second-order valence-electron chi connectivity index (χ2n) is 6.27. The maximum Gasteiger partial charge on any atom is 0.287 e. The molecule has 1 aromatic carbocycles. The molecule has 1 aliphatic carbocycles. The van der Waals surface area contributed by atoms with Gasteiger partial charge in [-0.05, 0) is 43.4 Å². The minimum Gasteiger partial charge on any atom is -0.451 e. The van der Waals surface area contributed by atoms with Crippen LogP contribution in [0, 0.1) is 0 Å². The summed E-state index contributed by atoms with van der Waals surface area (Å²) >= 11 is 0. The van der Waals surface area contributed by atoms with E-state index < -0.39 is 0 Å². The summed E-state index contributed by atoms with van der Waals surface area (Å²) in [6, 6.07) is 8.15. The fraction of sp³-hybridized carbons (Fsp3) is 0.316. The van der Waals surface area contributed by atoms with E-state index in [1.807, 2.05) is 10.9 Å². The molecule has 128 valence electrons. The van der Waals surface area contributed by atoms with E-state index >= 15 is 0 Å². The van der Waals surface area contributed by atoms with Crippen molar-refractivity contribution in [3.05, 3.63) is 63.8 Å². The Bertz CT molecular complexity index is 987. The van der Waals surface area contributed by atoms with Crippen molar-refractivity contribution < 1.29 is 9.21 Å². The van der Waals surface area contributed by atoms with E-state index in [1.165, 1.54) is 30.2 Å². The van der Waals surface area contributed by atoms with E-state index in [4.69, 9.17) is 4.42 Å². The van der Waals surface area contributed by atoms with Crippen LogP contribution in [0.4, 0.5) is 0 Å². The van der Waals surface area contributed by atoms with Crippen LogP contribution in [0.15, 0.2) is 45.7 Å². The van der Waals surface area contributed by atoms with Crippen molar-refractivity contribution in [1.82, 2.24) is 15.1 Å². The molecule has 0 spiro atoms. The number of hydrogen-bond donors (Lipinski definition) is 1. The molecule has 1 aliphatic rings. The number of aromatic nitrogens is 2. The summed E-state index contributed by atoms with van der Waals surface area (Å²) in [5, 5.41) is 7.69. The monoisotopic (exact) mass is 337 g/mol. The average molecular weight is 337 g/mol. The predicted octanol–water partition coefficient (Wildman–Crippen LogP) is 2.30. The number of benzene rings is 1. The lowest BCUT2D eigenvalue weighted by atomic mass is 9.98. The number of para-hydroxylation sites is 1. The maximum absolute atomic E-state index is 12.3. The second kappa shape index (κ2) is 6.55. The zero-order chi connectivity index (χ0) is 17.2. The molecule has 2 aromatic heterocycles. The zero-order valence-electron chi connectivity index (χ0n) is 13.8. The first-order valence-corrected chi connectivity index (χ1v) is 8.57. The molecule has 6 nitrogen and oxygen atoms in total. The van der Waals surface area contributed by atoms with E-state index in [9.17, 15) is 9.59 Å². The summed E-state index contributed by atoms with van der Waals surface area (Å²) in [6.45, 7) is 1.04. The van der Waals surface area contributed by atoms with Gasteiger partial charge in [-0.2, -0.15) is 5.10 Å². The summed E-state index contributed by atoms with van der Waals surface area (Å²) in [4.78, 5) is 24.4. The van der Waals surface area contributed by atoms with E-state index in [2.05, 4.69) is 10.4 Å². The lowest BCUT2D eigenvalue weighted by Crippen LogP contribution is -2.28. The molecule has 1 N–H and O–H groups in total. The average Bonchev–Trinajstić information content (AvgIpc) is 3.05. The smallest absolute Gasteiger partial charge is 0.287 e. The first-order valence-electron chi connectivity index (χ1n) is 8.57. The van der Waals surface area contributed by atoms with E-state index in [0.29, 0.717) is 24.1 Å². The number of carbonyl (C=O) groups excluding carboxylic acids is 1. The van der Waals surface area contributed by atoms with Gasteiger partial charge in [0.2, 0.25) is 0 Å². The van der Waals surface area contributed by atoms with Gasteiger partial charge in [-0.15, -0.1) is 0 Å². The standard InChI is InChI=1S/C19H19N3O3/c23-16-11-18(25-17-8-4-2-6-14(16)17)19(24)20-9-10-22-15-7-3-1-5-13(15)12-21-22/h2,4,6,8,11-12H,1,3,5,7,9-10H2,(H,20,24). The number of nitrogens with zero attached hydrogens (tertiary/aromatic N) is 2. The number of aryl methyl sites for hydroxylation is 1.